The highest BCUT2D eigenvalue weighted by atomic mass is 19.2. The van der Waals surface area contributed by atoms with E-state index in [2.05, 4.69) is 4.74 Å². The van der Waals surface area contributed by atoms with Crippen molar-refractivity contribution < 1.29 is 41.7 Å². The Morgan fingerprint density at radius 2 is 1.45 bits per heavy atom. The van der Waals surface area contributed by atoms with E-state index in [0.29, 0.717) is 0 Å². The molecule has 0 radical (unpaired) electrons. The Labute approximate surface area is 109 Å². The van der Waals surface area contributed by atoms with E-state index in [1.165, 1.54) is 0 Å². The molecule has 0 aromatic heterocycles. The van der Waals surface area contributed by atoms with Crippen molar-refractivity contribution >= 4 is 5.97 Å². The van der Waals surface area contributed by atoms with Crippen molar-refractivity contribution in [3.05, 3.63) is 34.6 Å². The first-order chi connectivity index (χ1) is 9.31. The van der Waals surface area contributed by atoms with Crippen LogP contribution in [0.4, 0.5) is 22.0 Å². The second kappa shape index (κ2) is 6.62. The highest BCUT2D eigenvalue weighted by molar-refractivity contribution is 5.90. The molecule has 0 heterocycles. The molecule has 1 unspecified atom stereocenters. The van der Waals surface area contributed by atoms with Crippen LogP contribution in [-0.4, -0.2) is 29.1 Å². The number of rotatable bonds is 5. The second-order valence-electron chi connectivity index (χ2n) is 3.67. The van der Waals surface area contributed by atoms with E-state index < -0.39 is 46.9 Å². The number of ether oxygens (including phenoxy) is 1. The molecule has 0 aliphatic rings. The Balaban J connectivity index is 3.05. The molecule has 1 atom stereocenters. The molecule has 1 aromatic rings. The van der Waals surface area contributed by atoms with E-state index in [-0.39, 0.29) is 19.4 Å². The van der Waals surface area contributed by atoms with Gasteiger partial charge in [-0.2, -0.15) is 0 Å². The monoisotopic (exact) mass is 300 g/mol. The van der Waals surface area contributed by atoms with Crippen molar-refractivity contribution in [1.82, 2.24) is 0 Å². The van der Waals surface area contributed by atoms with Crippen LogP contribution in [0.1, 0.15) is 23.2 Å². The van der Waals surface area contributed by atoms with Crippen molar-refractivity contribution in [2.45, 2.75) is 19.1 Å². The SMILES string of the molecule is O=C(OC(O)CCCO)c1c(F)c(F)c(F)c(F)c1F. The number of hydrogen-bond donors (Lipinski definition) is 2. The largest absolute Gasteiger partial charge is 0.432 e. The maximum Gasteiger partial charge on any atom is 0.346 e. The average Bonchev–Trinajstić information content (AvgIpc) is 2.40. The van der Waals surface area contributed by atoms with Gasteiger partial charge in [0.2, 0.25) is 12.1 Å². The molecule has 1 rings (SSSR count). The third kappa shape index (κ3) is 3.23. The molecule has 0 bridgehead atoms. The predicted octanol–water partition coefficient (Wildman–Crippen LogP) is 1.63. The topological polar surface area (TPSA) is 66.8 Å². The van der Waals surface area contributed by atoms with E-state index >= 15 is 0 Å². The minimum atomic E-state index is -2.41. The Morgan fingerprint density at radius 1 is 1.00 bits per heavy atom. The van der Waals surface area contributed by atoms with Crippen LogP contribution in [0.5, 0.6) is 0 Å². The number of hydrogen-bond acceptors (Lipinski definition) is 4. The molecule has 112 valence electrons. The third-order valence-electron chi connectivity index (χ3n) is 2.27. The van der Waals surface area contributed by atoms with E-state index in [4.69, 9.17) is 10.2 Å². The summed E-state index contributed by atoms with van der Waals surface area (Å²) in [6.45, 7) is -0.350. The molecule has 0 saturated carbocycles. The van der Waals surface area contributed by atoms with Crippen LogP contribution in [0.25, 0.3) is 0 Å². The Hall–Kier alpha value is -1.74. The zero-order valence-corrected chi connectivity index (χ0v) is 9.80. The van der Waals surface area contributed by atoms with Gasteiger partial charge in [0, 0.05) is 13.0 Å². The maximum absolute atomic E-state index is 13.2. The lowest BCUT2D eigenvalue weighted by molar-refractivity contribution is -0.0713. The minimum Gasteiger partial charge on any atom is -0.432 e. The van der Waals surface area contributed by atoms with Gasteiger partial charge in [0.05, 0.1) is 0 Å². The third-order valence-corrected chi connectivity index (χ3v) is 2.27. The van der Waals surface area contributed by atoms with E-state index in [1.54, 1.807) is 0 Å². The van der Waals surface area contributed by atoms with Gasteiger partial charge in [0.15, 0.2) is 23.3 Å². The summed E-state index contributed by atoms with van der Waals surface area (Å²) < 4.78 is 69.0. The lowest BCUT2D eigenvalue weighted by Gasteiger charge is -2.12. The first kappa shape index (κ1) is 16.3. The number of benzene rings is 1. The average molecular weight is 300 g/mol. The van der Waals surface area contributed by atoms with Crippen LogP contribution in [-0.2, 0) is 4.74 Å². The fourth-order valence-corrected chi connectivity index (χ4v) is 1.29. The fourth-order valence-electron chi connectivity index (χ4n) is 1.29. The van der Waals surface area contributed by atoms with E-state index in [1.807, 2.05) is 0 Å². The second-order valence-corrected chi connectivity index (χ2v) is 3.67. The molecule has 20 heavy (non-hydrogen) atoms. The Morgan fingerprint density at radius 3 is 1.90 bits per heavy atom. The molecular formula is C11H9F5O4. The molecule has 1 aromatic carbocycles. The van der Waals surface area contributed by atoms with Crippen molar-refractivity contribution in [2.24, 2.45) is 0 Å². The van der Waals surface area contributed by atoms with Gasteiger partial charge in [-0.25, -0.2) is 26.7 Å². The Bertz CT molecular complexity index is 491. The van der Waals surface area contributed by atoms with Crippen molar-refractivity contribution in [3.8, 4) is 0 Å². The van der Waals surface area contributed by atoms with Crippen molar-refractivity contribution in [1.29, 1.82) is 0 Å². The number of carbonyl (C=O) groups excluding carboxylic acids is 1. The first-order valence-electron chi connectivity index (χ1n) is 5.32. The summed E-state index contributed by atoms with van der Waals surface area (Å²) in [4.78, 5) is 11.3. The number of aliphatic hydroxyl groups is 2. The smallest absolute Gasteiger partial charge is 0.346 e. The zero-order valence-electron chi connectivity index (χ0n) is 9.80. The van der Waals surface area contributed by atoms with Gasteiger partial charge in [0.1, 0.15) is 5.56 Å². The van der Waals surface area contributed by atoms with Gasteiger partial charge in [-0.05, 0) is 6.42 Å². The summed E-state index contributed by atoms with van der Waals surface area (Å²) in [5.74, 6) is -13.6. The van der Waals surface area contributed by atoms with Gasteiger partial charge in [-0.1, -0.05) is 0 Å². The van der Waals surface area contributed by atoms with Crippen LogP contribution >= 0.6 is 0 Å². The van der Waals surface area contributed by atoms with Crippen LogP contribution in [0.2, 0.25) is 0 Å². The summed E-state index contributed by atoms with van der Waals surface area (Å²) in [5, 5.41) is 17.6. The van der Waals surface area contributed by atoms with Crippen LogP contribution in [0.15, 0.2) is 0 Å². The molecule has 0 aliphatic carbocycles. The minimum absolute atomic E-state index is 0.00551. The molecule has 0 aliphatic heterocycles. The molecule has 0 spiro atoms. The molecular weight excluding hydrogens is 291 g/mol. The number of aliphatic hydroxyl groups excluding tert-OH is 2. The lowest BCUT2D eigenvalue weighted by Crippen LogP contribution is -2.21. The van der Waals surface area contributed by atoms with Crippen molar-refractivity contribution in [2.75, 3.05) is 6.61 Å². The molecule has 9 heteroatoms. The standard InChI is InChI=1S/C11H9F5O4/c12-6-5(7(13)9(15)10(16)8(6)14)11(19)20-4(18)2-1-3-17/h4,17-18H,1-3H2. The molecule has 4 nitrogen and oxygen atoms in total. The zero-order chi connectivity index (χ0) is 15.4. The number of esters is 1. The van der Waals surface area contributed by atoms with Gasteiger partial charge in [-0.15, -0.1) is 0 Å². The predicted molar refractivity (Wildman–Crippen MR) is 54.0 cm³/mol. The highest BCUT2D eigenvalue weighted by Crippen LogP contribution is 2.24. The van der Waals surface area contributed by atoms with Gasteiger partial charge in [0.25, 0.3) is 0 Å². The van der Waals surface area contributed by atoms with Gasteiger partial charge < -0.3 is 14.9 Å². The van der Waals surface area contributed by atoms with Crippen LogP contribution < -0.4 is 0 Å². The Kier molecular flexibility index (Phi) is 5.40. The summed E-state index contributed by atoms with van der Waals surface area (Å²) in [6, 6.07) is 0. The summed E-state index contributed by atoms with van der Waals surface area (Å²) in [7, 11) is 0. The summed E-state index contributed by atoms with van der Waals surface area (Å²) in [6.07, 6.45) is -2.10. The quantitative estimate of drug-likeness (QED) is 0.285. The van der Waals surface area contributed by atoms with Gasteiger partial charge >= 0.3 is 5.97 Å². The lowest BCUT2D eigenvalue weighted by atomic mass is 10.1. The fraction of sp³-hybridized carbons (Fsp3) is 0.364. The first-order valence-corrected chi connectivity index (χ1v) is 5.32. The maximum atomic E-state index is 13.2. The summed E-state index contributed by atoms with van der Waals surface area (Å²) >= 11 is 0. The van der Waals surface area contributed by atoms with Crippen LogP contribution in [0.3, 0.4) is 0 Å². The van der Waals surface area contributed by atoms with E-state index in [9.17, 15) is 26.7 Å². The number of halogens is 5. The normalized spacial score (nSPS) is 12.3. The van der Waals surface area contributed by atoms with Crippen LogP contribution in [0, 0.1) is 29.1 Å². The number of carbonyl (C=O) groups is 1. The summed E-state index contributed by atoms with van der Waals surface area (Å²) in [5.41, 5.74) is -1.79. The highest BCUT2D eigenvalue weighted by Gasteiger charge is 2.31. The van der Waals surface area contributed by atoms with Crippen molar-refractivity contribution in [3.63, 3.8) is 0 Å². The molecule has 0 fully saturated rings. The van der Waals surface area contributed by atoms with Gasteiger partial charge in [-0.3, -0.25) is 0 Å². The molecule has 0 amide bonds. The van der Waals surface area contributed by atoms with E-state index in [0.717, 1.165) is 0 Å². The molecule has 2 N–H and O–H groups in total. The molecule has 0 saturated heterocycles.